The van der Waals surface area contributed by atoms with Crippen molar-refractivity contribution in [3.63, 3.8) is 0 Å². The standard InChI is InChI=1S/C18H25NO3/c1-13-6-4-5-7-17(9-8-13)22-12-16-10-14(2)15(3)11-18(16)19(20)21/h5,7,10-11,13,17H,4,6,8-9,12H2,1-3H3/b7-5+/t13-,17-/m0/s1. The fourth-order valence-corrected chi connectivity index (χ4v) is 2.80. The topological polar surface area (TPSA) is 52.4 Å². The van der Waals surface area contributed by atoms with E-state index in [1.54, 1.807) is 6.07 Å². The van der Waals surface area contributed by atoms with Gasteiger partial charge in [0.25, 0.3) is 5.69 Å². The minimum atomic E-state index is -0.318. The molecule has 4 heteroatoms. The van der Waals surface area contributed by atoms with Crippen molar-refractivity contribution in [1.29, 1.82) is 0 Å². The molecule has 0 aromatic heterocycles. The van der Waals surface area contributed by atoms with Crippen molar-refractivity contribution in [1.82, 2.24) is 0 Å². The van der Waals surface area contributed by atoms with Gasteiger partial charge in [-0.25, -0.2) is 0 Å². The van der Waals surface area contributed by atoms with Crippen molar-refractivity contribution in [2.75, 3.05) is 0 Å². The number of hydrogen-bond donors (Lipinski definition) is 0. The van der Waals surface area contributed by atoms with Crippen molar-refractivity contribution < 1.29 is 9.66 Å². The monoisotopic (exact) mass is 303 g/mol. The molecule has 2 rings (SSSR count). The van der Waals surface area contributed by atoms with Crippen LogP contribution in [0.3, 0.4) is 0 Å². The lowest BCUT2D eigenvalue weighted by Crippen LogP contribution is -2.14. The number of allylic oxidation sites excluding steroid dienone is 1. The molecule has 22 heavy (non-hydrogen) atoms. The first-order chi connectivity index (χ1) is 10.5. The highest BCUT2D eigenvalue weighted by Crippen LogP contribution is 2.26. The highest BCUT2D eigenvalue weighted by molar-refractivity contribution is 5.46. The third-order valence-electron chi connectivity index (χ3n) is 4.47. The zero-order valence-electron chi connectivity index (χ0n) is 13.7. The molecule has 1 aliphatic rings. The largest absolute Gasteiger partial charge is 0.369 e. The van der Waals surface area contributed by atoms with Gasteiger partial charge >= 0.3 is 0 Å². The number of rotatable bonds is 4. The summed E-state index contributed by atoms with van der Waals surface area (Å²) < 4.78 is 5.95. The zero-order valence-corrected chi connectivity index (χ0v) is 13.7. The molecular weight excluding hydrogens is 278 g/mol. The van der Waals surface area contributed by atoms with E-state index in [9.17, 15) is 10.1 Å². The van der Waals surface area contributed by atoms with Gasteiger partial charge in [-0.2, -0.15) is 0 Å². The smallest absolute Gasteiger partial charge is 0.275 e. The molecule has 4 nitrogen and oxygen atoms in total. The van der Waals surface area contributed by atoms with Crippen molar-refractivity contribution >= 4 is 5.69 Å². The summed E-state index contributed by atoms with van der Waals surface area (Å²) in [6, 6.07) is 3.52. The van der Waals surface area contributed by atoms with Crippen molar-refractivity contribution in [3.05, 3.63) is 51.1 Å². The minimum absolute atomic E-state index is 0.0592. The summed E-state index contributed by atoms with van der Waals surface area (Å²) in [5.74, 6) is 0.715. The summed E-state index contributed by atoms with van der Waals surface area (Å²) in [6.45, 7) is 6.43. The third-order valence-corrected chi connectivity index (χ3v) is 4.47. The number of benzene rings is 1. The SMILES string of the molecule is Cc1cc(CO[C@H]2/C=C/CC[C@H](C)CC2)c([N+](=O)[O-])cc1C. The Morgan fingerprint density at radius 1 is 1.23 bits per heavy atom. The molecule has 0 heterocycles. The zero-order chi connectivity index (χ0) is 16.1. The second-order valence-corrected chi connectivity index (χ2v) is 6.36. The molecule has 0 amide bonds. The van der Waals surface area contributed by atoms with Crippen molar-refractivity contribution in [3.8, 4) is 0 Å². The van der Waals surface area contributed by atoms with Gasteiger partial charge in [0.2, 0.25) is 0 Å². The molecule has 120 valence electrons. The molecule has 0 radical (unpaired) electrons. The Morgan fingerprint density at radius 2 is 1.95 bits per heavy atom. The van der Waals surface area contributed by atoms with Crippen LogP contribution < -0.4 is 0 Å². The molecule has 0 saturated carbocycles. The lowest BCUT2D eigenvalue weighted by molar-refractivity contribution is -0.386. The van der Waals surface area contributed by atoms with Crippen molar-refractivity contribution in [2.24, 2.45) is 5.92 Å². The van der Waals surface area contributed by atoms with Crippen molar-refractivity contribution in [2.45, 2.75) is 59.2 Å². The second-order valence-electron chi connectivity index (χ2n) is 6.36. The lowest BCUT2D eigenvalue weighted by atomic mass is 9.95. The number of ether oxygens (including phenoxy) is 1. The average molecular weight is 303 g/mol. The highest BCUT2D eigenvalue weighted by Gasteiger charge is 2.18. The Bertz CT molecular complexity index is 566. The van der Waals surface area contributed by atoms with Gasteiger partial charge in [0.15, 0.2) is 0 Å². The Kier molecular flexibility index (Phi) is 5.72. The van der Waals surface area contributed by atoms with Crippen LogP contribution in [0, 0.1) is 29.9 Å². The van der Waals surface area contributed by atoms with Crippen LogP contribution in [0.25, 0.3) is 0 Å². The number of nitro groups is 1. The normalized spacial score (nSPS) is 23.6. The Hall–Kier alpha value is -1.68. The van der Waals surface area contributed by atoms with Crippen LogP contribution in [-0.4, -0.2) is 11.0 Å². The molecule has 0 spiro atoms. The van der Waals surface area contributed by atoms with E-state index >= 15 is 0 Å². The van der Waals surface area contributed by atoms with Gasteiger partial charge in [0.1, 0.15) is 0 Å². The Labute approximate surface area is 132 Å². The highest BCUT2D eigenvalue weighted by atomic mass is 16.6. The first-order valence-electron chi connectivity index (χ1n) is 8.00. The number of hydrogen-bond acceptors (Lipinski definition) is 3. The summed E-state index contributed by atoms with van der Waals surface area (Å²) in [5, 5.41) is 11.2. The van der Waals surface area contributed by atoms with E-state index in [0.717, 1.165) is 30.4 Å². The maximum absolute atomic E-state index is 11.2. The number of nitrogens with zero attached hydrogens (tertiary/aromatic N) is 1. The fraction of sp³-hybridized carbons (Fsp3) is 0.556. The maximum atomic E-state index is 11.2. The average Bonchev–Trinajstić information content (AvgIpc) is 2.45. The van der Waals surface area contributed by atoms with Gasteiger partial charge < -0.3 is 4.74 Å². The number of aryl methyl sites for hydroxylation is 2. The van der Waals surface area contributed by atoms with Gasteiger partial charge in [0.05, 0.1) is 23.2 Å². The molecule has 1 aliphatic carbocycles. The van der Waals surface area contributed by atoms with Crippen LogP contribution in [0.4, 0.5) is 5.69 Å². The summed E-state index contributed by atoms with van der Waals surface area (Å²) >= 11 is 0. The molecule has 0 aliphatic heterocycles. The van der Waals surface area contributed by atoms with E-state index in [2.05, 4.69) is 19.1 Å². The summed E-state index contributed by atoms with van der Waals surface area (Å²) in [6.07, 6.45) is 8.79. The van der Waals surface area contributed by atoms with Gasteiger partial charge in [0, 0.05) is 6.07 Å². The predicted octanol–water partition coefficient (Wildman–Crippen LogP) is 4.86. The lowest BCUT2D eigenvalue weighted by Gasteiger charge is -2.19. The first kappa shape index (κ1) is 16.7. The van der Waals surface area contributed by atoms with Gasteiger partial charge in [-0.1, -0.05) is 19.1 Å². The van der Waals surface area contributed by atoms with E-state index in [1.807, 2.05) is 19.9 Å². The molecule has 1 aromatic rings. The van der Waals surface area contributed by atoms with Crippen LogP contribution in [0.5, 0.6) is 0 Å². The van der Waals surface area contributed by atoms with E-state index < -0.39 is 0 Å². The third kappa shape index (κ3) is 4.41. The summed E-state index contributed by atoms with van der Waals surface area (Å²) in [4.78, 5) is 10.9. The Morgan fingerprint density at radius 3 is 2.68 bits per heavy atom. The summed E-state index contributed by atoms with van der Waals surface area (Å²) in [7, 11) is 0. The van der Waals surface area contributed by atoms with Crippen LogP contribution in [0.2, 0.25) is 0 Å². The van der Waals surface area contributed by atoms with Crippen LogP contribution in [0.1, 0.15) is 49.3 Å². The molecule has 0 N–H and O–H groups in total. The van der Waals surface area contributed by atoms with E-state index in [4.69, 9.17) is 4.74 Å². The van der Waals surface area contributed by atoms with Crippen LogP contribution in [-0.2, 0) is 11.3 Å². The molecule has 0 unspecified atom stereocenters. The molecule has 2 atom stereocenters. The predicted molar refractivity (Wildman–Crippen MR) is 87.9 cm³/mol. The molecule has 0 saturated heterocycles. The minimum Gasteiger partial charge on any atom is -0.369 e. The molecular formula is C18H25NO3. The first-order valence-corrected chi connectivity index (χ1v) is 8.00. The second kappa shape index (κ2) is 7.54. The number of nitro benzene ring substituents is 1. The Balaban J connectivity index is 2.08. The maximum Gasteiger partial charge on any atom is 0.275 e. The molecule has 0 bridgehead atoms. The van der Waals surface area contributed by atoms with Gasteiger partial charge in [-0.05, 0) is 62.6 Å². The summed E-state index contributed by atoms with van der Waals surface area (Å²) in [5.41, 5.74) is 2.82. The van der Waals surface area contributed by atoms with E-state index in [-0.39, 0.29) is 16.7 Å². The van der Waals surface area contributed by atoms with Crippen LogP contribution in [0.15, 0.2) is 24.3 Å². The molecule has 1 aromatic carbocycles. The quantitative estimate of drug-likeness (QED) is 0.453. The van der Waals surface area contributed by atoms with Gasteiger partial charge in [-0.15, -0.1) is 0 Å². The van der Waals surface area contributed by atoms with E-state index in [0.29, 0.717) is 18.1 Å². The van der Waals surface area contributed by atoms with E-state index in [1.165, 1.54) is 6.42 Å². The fourth-order valence-electron chi connectivity index (χ4n) is 2.80. The van der Waals surface area contributed by atoms with Crippen LogP contribution >= 0.6 is 0 Å². The molecule has 0 fully saturated rings. The van der Waals surface area contributed by atoms with Gasteiger partial charge in [-0.3, -0.25) is 10.1 Å².